The van der Waals surface area contributed by atoms with E-state index in [4.69, 9.17) is 21.1 Å². The van der Waals surface area contributed by atoms with Crippen LogP contribution in [0.15, 0.2) is 89.7 Å². The lowest BCUT2D eigenvalue weighted by atomic mass is 10.0. The molecule has 0 aliphatic heterocycles. The van der Waals surface area contributed by atoms with E-state index < -0.39 is 11.2 Å². The Balaban J connectivity index is 1.56. The molecule has 0 aliphatic carbocycles. The van der Waals surface area contributed by atoms with Crippen LogP contribution in [-0.4, -0.2) is 27.9 Å². The van der Waals surface area contributed by atoms with Crippen molar-refractivity contribution >= 4 is 45.3 Å². The summed E-state index contributed by atoms with van der Waals surface area (Å²) in [5.41, 5.74) is 4.72. The molecule has 0 fully saturated rings. The first-order valence-electron chi connectivity index (χ1n) is 11.8. The first kappa shape index (κ1) is 28.1. The first-order chi connectivity index (χ1) is 18.5. The van der Waals surface area contributed by atoms with Crippen LogP contribution in [-0.2, 0) is 24.6 Å². The fraction of sp³-hybridized carbons (Fsp3) is 0.172. The number of halogens is 2. The molecule has 0 saturated carbocycles. The summed E-state index contributed by atoms with van der Waals surface area (Å²) in [6.45, 7) is 0.410. The summed E-state index contributed by atoms with van der Waals surface area (Å²) >= 11 is 14.2. The molecule has 4 rings (SSSR count). The number of pyridine rings is 1. The predicted octanol–water partition coefficient (Wildman–Crippen LogP) is 6.23. The van der Waals surface area contributed by atoms with Gasteiger partial charge in [-0.3, -0.25) is 9.78 Å². The normalized spacial score (nSPS) is 11.7. The molecule has 38 heavy (non-hydrogen) atoms. The summed E-state index contributed by atoms with van der Waals surface area (Å²) < 4.78 is 13.2. The minimum Gasteiger partial charge on any atom is -0.488 e. The molecule has 0 saturated heterocycles. The van der Waals surface area contributed by atoms with Gasteiger partial charge >= 0.3 is 0 Å². The Morgan fingerprint density at radius 1 is 1.00 bits per heavy atom. The first-order valence-corrected chi connectivity index (χ1v) is 13.4. The van der Waals surface area contributed by atoms with Crippen molar-refractivity contribution < 1.29 is 19.4 Å². The van der Waals surface area contributed by atoms with Gasteiger partial charge in [-0.2, -0.15) is 0 Å². The molecule has 1 atom stereocenters. The Morgan fingerprint density at radius 3 is 2.50 bits per heavy atom. The van der Waals surface area contributed by atoms with Crippen LogP contribution in [0.4, 0.5) is 0 Å². The van der Waals surface area contributed by atoms with Crippen LogP contribution >= 0.6 is 40.2 Å². The van der Waals surface area contributed by atoms with Crippen molar-refractivity contribution in [1.29, 1.82) is 0 Å². The van der Waals surface area contributed by atoms with E-state index >= 15 is 0 Å². The van der Waals surface area contributed by atoms with Gasteiger partial charge in [0.2, 0.25) is 5.12 Å². The summed E-state index contributed by atoms with van der Waals surface area (Å²) in [5, 5.41) is 12.4. The molecule has 196 valence electrons. The minimum absolute atomic E-state index is 0.227. The maximum absolute atomic E-state index is 11.6. The van der Waals surface area contributed by atoms with Crippen LogP contribution in [0, 0.1) is 0 Å². The molecular weight excluding hydrogens is 588 g/mol. The molecule has 3 aromatic carbocycles. The largest absolute Gasteiger partial charge is 0.488 e. The standard InChI is InChI=1S/C29H26BrClN2O4S/c30-28-21(9-4-10-23(28)20-7-2-1-3-8-20)18-37-27-13-26(36-17-19-6-5-11-32-14-19)22(12-24(27)31)15-33-25(16-34)29(35)38/h1-14,25,33-34H,15-18H2,(H,35,38)/t25-/m0/s1. The number of nitrogens with one attached hydrogen (secondary N) is 1. The van der Waals surface area contributed by atoms with Gasteiger partial charge in [-0.15, -0.1) is 12.6 Å². The van der Waals surface area contributed by atoms with E-state index in [2.05, 4.69) is 57.1 Å². The molecule has 1 heterocycles. The number of aliphatic hydroxyl groups excluding tert-OH is 1. The summed E-state index contributed by atoms with van der Waals surface area (Å²) in [7, 11) is 0. The molecule has 0 amide bonds. The highest BCUT2D eigenvalue weighted by molar-refractivity contribution is 9.10. The SMILES string of the molecule is O=C(S)[C@H](CO)NCc1cc(Cl)c(OCc2cccc(-c3ccccc3)c2Br)cc1OCc1cccnc1. The summed E-state index contributed by atoms with van der Waals surface area (Å²) in [6.07, 6.45) is 3.42. The number of carbonyl (C=O) groups excluding carboxylic acids is 1. The number of carbonyl (C=O) groups is 1. The maximum atomic E-state index is 11.6. The molecule has 1 aromatic heterocycles. The van der Waals surface area contributed by atoms with Crippen molar-refractivity contribution in [3.63, 3.8) is 0 Å². The van der Waals surface area contributed by atoms with E-state index in [1.165, 1.54) is 0 Å². The number of ether oxygens (including phenoxy) is 2. The number of nitrogens with zero attached hydrogens (tertiary/aromatic N) is 1. The van der Waals surface area contributed by atoms with Crippen molar-refractivity contribution in [3.05, 3.63) is 111 Å². The number of aromatic nitrogens is 1. The van der Waals surface area contributed by atoms with Crippen molar-refractivity contribution in [2.45, 2.75) is 25.8 Å². The zero-order chi connectivity index (χ0) is 26.9. The molecule has 0 unspecified atom stereocenters. The van der Waals surface area contributed by atoms with E-state index in [-0.39, 0.29) is 26.4 Å². The number of hydrogen-bond acceptors (Lipinski definition) is 6. The molecule has 6 nitrogen and oxygen atoms in total. The average molecular weight is 614 g/mol. The lowest BCUT2D eigenvalue weighted by molar-refractivity contribution is -0.113. The summed E-state index contributed by atoms with van der Waals surface area (Å²) in [6, 6.07) is 22.6. The average Bonchev–Trinajstić information content (AvgIpc) is 2.93. The van der Waals surface area contributed by atoms with E-state index in [1.807, 2.05) is 42.5 Å². The number of thiol groups is 1. The third kappa shape index (κ3) is 7.36. The van der Waals surface area contributed by atoms with E-state index in [1.54, 1.807) is 24.5 Å². The van der Waals surface area contributed by atoms with Crippen molar-refractivity contribution in [3.8, 4) is 22.6 Å². The zero-order valence-corrected chi connectivity index (χ0v) is 23.5. The Labute approximate surface area is 240 Å². The third-order valence-corrected chi connectivity index (χ3v) is 7.34. The van der Waals surface area contributed by atoms with Crippen LogP contribution in [0.3, 0.4) is 0 Å². The Bertz CT molecular complexity index is 1380. The van der Waals surface area contributed by atoms with Gasteiger partial charge in [0.05, 0.1) is 11.6 Å². The van der Waals surface area contributed by atoms with Crippen LogP contribution in [0.2, 0.25) is 5.02 Å². The van der Waals surface area contributed by atoms with Crippen LogP contribution in [0.1, 0.15) is 16.7 Å². The van der Waals surface area contributed by atoms with Gasteiger partial charge in [-0.05, 0) is 39.2 Å². The molecule has 0 aliphatic rings. The van der Waals surface area contributed by atoms with Gasteiger partial charge < -0.3 is 19.9 Å². The van der Waals surface area contributed by atoms with E-state index in [0.29, 0.717) is 22.1 Å². The summed E-state index contributed by atoms with van der Waals surface area (Å²) in [4.78, 5) is 15.8. The fourth-order valence-corrected chi connectivity index (χ4v) is 4.78. The molecule has 0 radical (unpaired) electrons. The molecular formula is C29H26BrClN2O4S. The van der Waals surface area contributed by atoms with Crippen molar-refractivity contribution in [2.24, 2.45) is 0 Å². The molecule has 9 heteroatoms. The Morgan fingerprint density at radius 2 is 1.79 bits per heavy atom. The lowest BCUT2D eigenvalue weighted by Crippen LogP contribution is -2.37. The second kappa shape index (κ2) is 13.8. The fourth-order valence-electron chi connectivity index (χ4n) is 3.75. The molecule has 4 aromatic rings. The van der Waals surface area contributed by atoms with Gasteiger partial charge in [0, 0.05) is 46.2 Å². The van der Waals surface area contributed by atoms with Gasteiger partial charge in [-0.1, -0.05) is 66.2 Å². The van der Waals surface area contributed by atoms with E-state index in [0.717, 1.165) is 26.7 Å². The second-order valence-corrected chi connectivity index (χ2v) is 10.1. The van der Waals surface area contributed by atoms with Crippen molar-refractivity contribution in [1.82, 2.24) is 10.3 Å². The molecule has 2 N–H and O–H groups in total. The van der Waals surface area contributed by atoms with Crippen molar-refractivity contribution in [2.75, 3.05) is 6.61 Å². The van der Waals surface area contributed by atoms with Crippen LogP contribution in [0.5, 0.6) is 11.5 Å². The highest BCUT2D eigenvalue weighted by atomic mass is 79.9. The lowest BCUT2D eigenvalue weighted by Gasteiger charge is -2.18. The number of aliphatic hydroxyl groups is 1. The maximum Gasteiger partial charge on any atom is 0.205 e. The quantitative estimate of drug-likeness (QED) is 0.165. The van der Waals surface area contributed by atoms with Gasteiger partial charge in [0.15, 0.2) is 0 Å². The number of benzene rings is 3. The van der Waals surface area contributed by atoms with Gasteiger partial charge in [0.25, 0.3) is 0 Å². The highest BCUT2D eigenvalue weighted by Crippen LogP contribution is 2.36. The van der Waals surface area contributed by atoms with Crippen LogP contribution < -0.4 is 14.8 Å². The van der Waals surface area contributed by atoms with E-state index in [9.17, 15) is 9.90 Å². The topological polar surface area (TPSA) is 80.7 Å². The minimum atomic E-state index is -0.812. The van der Waals surface area contributed by atoms with Gasteiger partial charge in [0.1, 0.15) is 30.8 Å². The van der Waals surface area contributed by atoms with Gasteiger partial charge in [-0.25, -0.2) is 0 Å². The second-order valence-electron chi connectivity index (χ2n) is 8.43. The Kier molecular flexibility index (Phi) is 10.2. The molecule has 0 bridgehead atoms. The monoisotopic (exact) mass is 612 g/mol. The number of hydrogen-bond donors (Lipinski definition) is 3. The summed E-state index contributed by atoms with van der Waals surface area (Å²) in [5.74, 6) is 0.985. The Hall–Kier alpha value is -2.88. The molecule has 0 spiro atoms. The smallest absolute Gasteiger partial charge is 0.205 e. The third-order valence-electron chi connectivity index (χ3n) is 5.80. The zero-order valence-electron chi connectivity index (χ0n) is 20.3. The predicted molar refractivity (Wildman–Crippen MR) is 156 cm³/mol. The highest BCUT2D eigenvalue weighted by Gasteiger charge is 2.17. The van der Waals surface area contributed by atoms with Crippen LogP contribution in [0.25, 0.3) is 11.1 Å². The number of rotatable bonds is 12.